The average molecular weight is 180 g/mol. The van der Waals surface area contributed by atoms with E-state index in [2.05, 4.69) is 17.9 Å². The van der Waals surface area contributed by atoms with Crippen LogP contribution in [-0.4, -0.2) is 30.6 Å². The monoisotopic (exact) mass is 180 g/mol. The van der Waals surface area contributed by atoms with E-state index in [1.54, 1.807) is 5.57 Å². The van der Waals surface area contributed by atoms with Crippen LogP contribution in [0.15, 0.2) is 11.6 Å². The minimum atomic E-state index is 0.784. The average Bonchev–Trinajstić information content (AvgIpc) is 2.08. The van der Waals surface area contributed by atoms with Crippen LogP contribution in [0.3, 0.4) is 0 Å². The van der Waals surface area contributed by atoms with Crippen LogP contribution in [0, 0.1) is 5.92 Å². The summed E-state index contributed by atoms with van der Waals surface area (Å²) in [5.74, 6) is 0.784. The molecule has 0 aromatic heterocycles. The first-order chi connectivity index (χ1) is 6.31. The van der Waals surface area contributed by atoms with Gasteiger partial charge in [-0.1, -0.05) is 11.6 Å². The highest BCUT2D eigenvalue weighted by atomic mass is 15.2. The molecule has 1 aliphatic heterocycles. The van der Waals surface area contributed by atoms with E-state index in [0.29, 0.717) is 0 Å². The Kier molecular flexibility index (Phi) is 2.70. The van der Waals surface area contributed by atoms with Crippen LogP contribution in [0.2, 0.25) is 0 Å². The summed E-state index contributed by atoms with van der Waals surface area (Å²) in [5.41, 5.74) is 7.27. The van der Waals surface area contributed by atoms with Crippen LogP contribution in [0.25, 0.3) is 0 Å². The molecule has 0 spiro atoms. The summed E-state index contributed by atoms with van der Waals surface area (Å²) in [4.78, 5) is 2.61. The first kappa shape index (κ1) is 9.22. The van der Waals surface area contributed by atoms with Crippen LogP contribution >= 0.6 is 0 Å². The summed E-state index contributed by atoms with van der Waals surface area (Å²) in [7, 11) is 0. The summed E-state index contributed by atoms with van der Waals surface area (Å²) in [6.45, 7) is 5.53. The highest BCUT2D eigenvalue weighted by Gasteiger charge is 2.34. The molecule has 2 rings (SSSR count). The number of hydrogen-bond acceptors (Lipinski definition) is 2. The third kappa shape index (κ3) is 1.79. The molecule has 2 atom stereocenters. The molecule has 2 aliphatic rings. The van der Waals surface area contributed by atoms with Crippen molar-refractivity contribution >= 4 is 0 Å². The van der Waals surface area contributed by atoms with Crippen LogP contribution in [0.1, 0.15) is 26.2 Å². The Hall–Kier alpha value is -0.340. The lowest BCUT2D eigenvalue weighted by Gasteiger charge is -2.45. The van der Waals surface area contributed by atoms with Gasteiger partial charge in [-0.3, -0.25) is 4.90 Å². The highest BCUT2D eigenvalue weighted by molar-refractivity contribution is 5.06. The van der Waals surface area contributed by atoms with Gasteiger partial charge in [0.25, 0.3) is 0 Å². The number of rotatable bonds is 2. The van der Waals surface area contributed by atoms with Gasteiger partial charge in [-0.15, -0.1) is 0 Å². The second kappa shape index (κ2) is 3.81. The van der Waals surface area contributed by atoms with Crippen LogP contribution < -0.4 is 5.73 Å². The predicted octanol–water partition coefficient (Wildman–Crippen LogP) is 1.38. The van der Waals surface area contributed by atoms with Crippen molar-refractivity contribution in [2.45, 2.75) is 32.2 Å². The molecule has 1 aliphatic carbocycles. The molecule has 1 fully saturated rings. The lowest BCUT2D eigenvalue weighted by atomic mass is 9.78. The molecule has 0 radical (unpaired) electrons. The van der Waals surface area contributed by atoms with Gasteiger partial charge in [-0.25, -0.2) is 0 Å². The van der Waals surface area contributed by atoms with Crippen molar-refractivity contribution in [3.8, 4) is 0 Å². The van der Waals surface area contributed by atoms with E-state index in [4.69, 9.17) is 5.73 Å². The second-order valence-corrected chi connectivity index (χ2v) is 4.44. The van der Waals surface area contributed by atoms with Gasteiger partial charge in [0.15, 0.2) is 0 Å². The third-order valence-corrected chi connectivity index (χ3v) is 3.62. The molecular weight excluding hydrogens is 160 g/mol. The summed E-state index contributed by atoms with van der Waals surface area (Å²) >= 11 is 0. The molecule has 1 saturated carbocycles. The molecule has 74 valence electrons. The molecule has 0 saturated heterocycles. The fourth-order valence-corrected chi connectivity index (χ4v) is 2.39. The fourth-order valence-electron chi connectivity index (χ4n) is 2.39. The zero-order valence-corrected chi connectivity index (χ0v) is 8.50. The van der Waals surface area contributed by atoms with Crippen molar-refractivity contribution in [2.75, 3.05) is 19.6 Å². The molecule has 2 heteroatoms. The van der Waals surface area contributed by atoms with E-state index in [0.717, 1.165) is 25.0 Å². The molecule has 13 heavy (non-hydrogen) atoms. The molecular formula is C11H20N2. The SMILES string of the molecule is CC1=CCN(C2CCC2CN)CC1. The lowest BCUT2D eigenvalue weighted by molar-refractivity contribution is 0.0738. The van der Waals surface area contributed by atoms with Crippen molar-refractivity contribution in [2.24, 2.45) is 11.7 Å². The third-order valence-electron chi connectivity index (χ3n) is 3.62. The molecule has 1 heterocycles. The molecule has 0 amide bonds. The van der Waals surface area contributed by atoms with Crippen LogP contribution in [0.4, 0.5) is 0 Å². The number of hydrogen-bond donors (Lipinski definition) is 1. The van der Waals surface area contributed by atoms with Gasteiger partial charge in [0.2, 0.25) is 0 Å². The van der Waals surface area contributed by atoms with Crippen molar-refractivity contribution in [3.63, 3.8) is 0 Å². The minimum absolute atomic E-state index is 0.784. The Morgan fingerprint density at radius 2 is 2.38 bits per heavy atom. The van der Waals surface area contributed by atoms with Crippen molar-refractivity contribution in [1.29, 1.82) is 0 Å². The second-order valence-electron chi connectivity index (χ2n) is 4.44. The molecule has 0 aromatic carbocycles. The smallest absolute Gasteiger partial charge is 0.0168 e. The summed E-state index contributed by atoms with van der Waals surface area (Å²) in [6, 6.07) is 0.800. The number of nitrogens with two attached hydrogens (primary N) is 1. The topological polar surface area (TPSA) is 29.3 Å². The van der Waals surface area contributed by atoms with Gasteiger partial charge in [0.05, 0.1) is 0 Å². The van der Waals surface area contributed by atoms with Gasteiger partial charge < -0.3 is 5.73 Å². The zero-order valence-electron chi connectivity index (χ0n) is 8.50. The first-order valence-electron chi connectivity index (χ1n) is 5.41. The van der Waals surface area contributed by atoms with Crippen LogP contribution in [-0.2, 0) is 0 Å². The van der Waals surface area contributed by atoms with Gasteiger partial charge >= 0.3 is 0 Å². The van der Waals surface area contributed by atoms with E-state index < -0.39 is 0 Å². The molecule has 0 bridgehead atoms. The van der Waals surface area contributed by atoms with E-state index in [1.165, 1.54) is 25.8 Å². The van der Waals surface area contributed by atoms with Gasteiger partial charge in [-0.2, -0.15) is 0 Å². The summed E-state index contributed by atoms with van der Waals surface area (Å²) < 4.78 is 0. The first-order valence-corrected chi connectivity index (χ1v) is 5.41. The fraction of sp³-hybridized carbons (Fsp3) is 0.818. The Bertz CT molecular complexity index is 208. The maximum atomic E-state index is 5.72. The van der Waals surface area contributed by atoms with Crippen molar-refractivity contribution < 1.29 is 0 Å². The van der Waals surface area contributed by atoms with E-state index >= 15 is 0 Å². The standard InChI is InChI=1S/C11H20N2/c1-9-4-6-13(7-5-9)11-3-2-10(11)8-12/h4,10-11H,2-3,5-8,12H2,1H3. The maximum Gasteiger partial charge on any atom is 0.0168 e. The van der Waals surface area contributed by atoms with Crippen LogP contribution in [0.5, 0.6) is 0 Å². The van der Waals surface area contributed by atoms with E-state index in [1.807, 2.05) is 0 Å². The molecule has 2 nitrogen and oxygen atoms in total. The largest absolute Gasteiger partial charge is 0.330 e. The Morgan fingerprint density at radius 1 is 1.54 bits per heavy atom. The molecule has 0 aromatic rings. The number of nitrogens with zero attached hydrogens (tertiary/aromatic N) is 1. The normalized spacial score (nSPS) is 35.4. The van der Waals surface area contributed by atoms with E-state index in [9.17, 15) is 0 Å². The summed E-state index contributed by atoms with van der Waals surface area (Å²) in [6.07, 6.45) is 6.35. The maximum absolute atomic E-state index is 5.72. The van der Waals surface area contributed by atoms with E-state index in [-0.39, 0.29) is 0 Å². The molecule has 2 unspecified atom stereocenters. The van der Waals surface area contributed by atoms with Gasteiger partial charge in [-0.05, 0) is 38.6 Å². The van der Waals surface area contributed by atoms with Crippen molar-refractivity contribution in [3.05, 3.63) is 11.6 Å². The quantitative estimate of drug-likeness (QED) is 0.650. The highest BCUT2D eigenvalue weighted by Crippen LogP contribution is 2.32. The Labute approximate surface area is 80.8 Å². The Morgan fingerprint density at radius 3 is 2.85 bits per heavy atom. The minimum Gasteiger partial charge on any atom is -0.330 e. The van der Waals surface area contributed by atoms with Crippen molar-refractivity contribution in [1.82, 2.24) is 4.90 Å². The predicted molar refractivity (Wildman–Crippen MR) is 55.5 cm³/mol. The van der Waals surface area contributed by atoms with Gasteiger partial charge in [0.1, 0.15) is 0 Å². The Balaban J connectivity index is 1.88. The lowest BCUT2D eigenvalue weighted by Crippen LogP contribution is -2.51. The zero-order chi connectivity index (χ0) is 9.26. The molecule has 2 N–H and O–H groups in total. The van der Waals surface area contributed by atoms with Gasteiger partial charge in [0, 0.05) is 19.1 Å². The summed E-state index contributed by atoms with van der Waals surface area (Å²) in [5, 5.41) is 0.